The van der Waals surface area contributed by atoms with E-state index < -0.39 is 6.04 Å². The first-order chi connectivity index (χ1) is 9.32. The topological polar surface area (TPSA) is 58.6 Å². The maximum Gasteiger partial charge on any atom is 0.250 e. The molecular weight excluding hydrogens is 256 g/mol. The lowest BCUT2D eigenvalue weighted by Gasteiger charge is -2.38. The molecule has 1 N–H and O–H groups in total. The summed E-state index contributed by atoms with van der Waals surface area (Å²) in [6.45, 7) is 5.87. The Labute approximate surface area is 118 Å². The Morgan fingerprint density at radius 2 is 1.80 bits per heavy atom. The summed E-state index contributed by atoms with van der Waals surface area (Å²) >= 11 is 0. The normalized spacial score (nSPS) is 19.8. The molecule has 5 heteroatoms. The molecule has 0 saturated carbocycles. The van der Waals surface area contributed by atoms with Crippen LogP contribution in [0.25, 0.3) is 0 Å². The number of piperazine rings is 1. The quantitative estimate of drug-likeness (QED) is 0.892. The number of amides is 2. The average Bonchev–Trinajstić information content (AvgIpc) is 2.40. The fourth-order valence-electron chi connectivity index (χ4n) is 2.21. The van der Waals surface area contributed by atoms with Gasteiger partial charge in [0, 0.05) is 5.69 Å². The minimum Gasteiger partial charge on any atom is -0.497 e. The molecule has 1 aromatic carbocycles. The Bertz CT molecular complexity index is 517. The molecule has 1 aliphatic heterocycles. The largest absolute Gasteiger partial charge is 0.497 e. The van der Waals surface area contributed by atoms with Crippen LogP contribution in [0.5, 0.6) is 5.75 Å². The van der Waals surface area contributed by atoms with Gasteiger partial charge in [-0.15, -0.1) is 0 Å². The summed E-state index contributed by atoms with van der Waals surface area (Å²) in [4.78, 5) is 25.9. The van der Waals surface area contributed by atoms with Crippen LogP contribution in [0.2, 0.25) is 0 Å². The number of carbonyl (C=O) groups is 2. The van der Waals surface area contributed by atoms with Crippen LogP contribution in [0.3, 0.4) is 0 Å². The van der Waals surface area contributed by atoms with E-state index in [1.165, 1.54) is 4.90 Å². The zero-order valence-corrected chi connectivity index (χ0v) is 12.3. The van der Waals surface area contributed by atoms with Crippen molar-refractivity contribution in [3.05, 3.63) is 24.3 Å². The summed E-state index contributed by atoms with van der Waals surface area (Å²) in [7, 11) is 1.59. The van der Waals surface area contributed by atoms with Crippen molar-refractivity contribution in [3.8, 4) is 5.75 Å². The molecule has 0 aliphatic carbocycles. The number of ether oxygens (including phenoxy) is 1. The van der Waals surface area contributed by atoms with Crippen molar-refractivity contribution >= 4 is 17.5 Å². The SMILES string of the molecule is COc1ccc(N2CC(=O)NC(C(C)(C)C)C2=O)cc1. The van der Waals surface area contributed by atoms with Crippen LogP contribution in [0.1, 0.15) is 20.8 Å². The molecule has 20 heavy (non-hydrogen) atoms. The Kier molecular flexibility index (Phi) is 3.70. The second kappa shape index (κ2) is 5.15. The Hall–Kier alpha value is -2.04. The monoisotopic (exact) mass is 276 g/mol. The molecule has 1 fully saturated rings. The fourth-order valence-corrected chi connectivity index (χ4v) is 2.21. The smallest absolute Gasteiger partial charge is 0.250 e. The zero-order valence-electron chi connectivity index (χ0n) is 12.3. The van der Waals surface area contributed by atoms with E-state index in [9.17, 15) is 9.59 Å². The maximum atomic E-state index is 12.6. The first kappa shape index (κ1) is 14.4. The fraction of sp³-hybridized carbons (Fsp3) is 0.467. The minimum atomic E-state index is -0.508. The van der Waals surface area contributed by atoms with E-state index in [0.717, 1.165) is 5.75 Å². The molecule has 2 amide bonds. The van der Waals surface area contributed by atoms with Crippen LogP contribution in [-0.2, 0) is 9.59 Å². The van der Waals surface area contributed by atoms with Gasteiger partial charge in [-0.25, -0.2) is 0 Å². The molecule has 0 spiro atoms. The number of rotatable bonds is 2. The summed E-state index contributed by atoms with van der Waals surface area (Å²) in [6.07, 6.45) is 0. The predicted molar refractivity (Wildman–Crippen MR) is 76.7 cm³/mol. The second-order valence-electron chi connectivity index (χ2n) is 5.99. The zero-order chi connectivity index (χ0) is 14.9. The van der Waals surface area contributed by atoms with Gasteiger partial charge < -0.3 is 15.0 Å². The van der Waals surface area contributed by atoms with Gasteiger partial charge in [-0.05, 0) is 29.7 Å². The van der Waals surface area contributed by atoms with Crippen molar-refractivity contribution in [2.24, 2.45) is 5.41 Å². The number of methoxy groups -OCH3 is 1. The molecule has 1 aromatic rings. The predicted octanol–water partition coefficient (Wildman–Crippen LogP) is 1.57. The van der Waals surface area contributed by atoms with E-state index in [-0.39, 0.29) is 23.8 Å². The number of benzene rings is 1. The number of anilines is 1. The Morgan fingerprint density at radius 1 is 1.20 bits per heavy atom. The van der Waals surface area contributed by atoms with Gasteiger partial charge in [-0.1, -0.05) is 20.8 Å². The van der Waals surface area contributed by atoms with Gasteiger partial charge in [0.25, 0.3) is 5.91 Å². The van der Waals surface area contributed by atoms with Crippen LogP contribution in [0.4, 0.5) is 5.69 Å². The molecule has 1 heterocycles. The molecule has 5 nitrogen and oxygen atoms in total. The first-order valence-electron chi connectivity index (χ1n) is 6.58. The molecule has 1 saturated heterocycles. The lowest BCUT2D eigenvalue weighted by atomic mass is 9.84. The molecule has 1 atom stereocenters. The third-order valence-electron chi connectivity index (χ3n) is 3.37. The third kappa shape index (κ3) is 2.76. The van der Waals surface area contributed by atoms with Crippen molar-refractivity contribution in [1.82, 2.24) is 5.32 Å². The lowest BCUT2D eigenvalue weighted by molar-refractivity contribution is -0.133. The molecule has 0 aromatic heterocycles. The summed E-state index contributed by atoms with van der Waals surface area (Å²) in [5.41, 5.74) is 0.387. The summed E-state index contributed by atoms with van der Waals surface area (Å²) in [6, 6.07) is 6.62. The van der Waals surface area contributed by atoms with E-state index in [1.54, 1.807) is 31.4 Å². The Balaban J connectivity index is 2.29. The lowest BCUT2D eigenvalue weighted by Crippen LogP contribution is -2.62. The highest BCUT2D eigenvalue weighted by molar-refractivity contribution is 6.06. The minimum absolute atomic E-state index is 0.0533. The van der Waals surface area contributed by atoms with Gasteiger partial charge in [0.05, 0.1) is 7.11 Å². The highest BCUT2D eigenvalue weighted by Crippen LogP contribution is 2.27. The number of hydrogen-bond acceptors (Lipinski definition) is 3. The number of nitrogens with one attached hydrogen (secondary N) is 1. The summed E-state index contributed by atoms with van der Waals surface area (Å²) < 4.78 is 5.10. The van der Waals surface area contributed by atoms with E-state index in [0.29, 0.717) is 5.69 Å². The molecular formula is C15H20N2O3. The van der Waals surface area contributed by atoms with E-state index in [4.69, 9.17) is 4.74 Å². The summed E-state index contributed by atoms with van der Waals surface area (Å²) in [5.74, 6) is 0.498. The maximum absolute atomic E-state index is 12.6. The van der Waals surface area contributed by atoms with Crippen molar-refractivity contribution in [2.75, 3.05) is 18.6 Å². The van der Waals surface area contributed by atoms with Crippen molar-refractivity contribution in [3.63, 3.8) is 0 Å². The van der Waals surface area contributed by atoms with Crippen LogP contribution in [0.15, 0.2) is 24.3 Å². The van der Waals surface area contributed by atoms with Crippen molar-refractivity contribution in [1.29, 1.82) is 0 Å². The Morgan fingerprint density at radius 3 is 2.30 bits per heavy atom. The third-order valence-corrected chi connectivity index (χ3v) is 3.37. The average molecular weight is 276 g/mol. The molecule has 1 unspecified atom stereocenters. The van der Waals surface area contributed by atoms with Crippen LogP contribution >= 0.6 is 0 Å². The van der Waals surface area contributed by atoms with Crippen molar-refractivity contribution in [2.45, 2.75) is 26.8 Å². The van der Waals surface area contributed by atoms with Crippen LogP contribution in [-0.4, -0.2) is 31.5 Å². The molecule has 0 radical (unpaired) electrons. The highest BCUT2D eigenvalue weighted by Gasteiger charge is 2.40. The number of carbonyl (C=O) groups excluding carboxylic acids is 2. The van der Waals surface area contributed by atoms with Crippen molar-refractivity contribution < 1.29 is 14.3 Å². The first-order valence-corrected chi connectivity index (χ1v) is 6.58. The standard InChI is InChI=1S/C15H20N2O3/c1-15(2,3)13-14(19)17(9-12(18)16-13)10-5-7-11(20-4)8-6-10/h5-8,13H,9H2,1-4H3,(H,16,18). The van der Waals surface area contributed by atoms with Gasteiger partial charge in [0.15, 0.2) is 0 Å². The van der Waals surface area contributed by atoms with E-state index in [1.807, 2.05) is 20.8 Å². The molecule has 0 bridgehead atoms. The molecule has 2 rings (SSSR count). The number of hydrogen-bond donors (Lipinski definition) is 1. The second-order valence-corrected chi connectivity index (χ2v) is 5.99. The van der Waals surface area contributed by atoms with Gasteiger partial charge in [0.2, 0.25) is 5.91 Å². The summed E-state index contributed by atoms with van der Waals surface area (Å²) in [5, 5.41) is 2.77. The van der Waals surface area contributed by atoms with Crippen LogP contribution < -0.4 is 15.0 Å². The van der Waals surface area contributed by atoms with Gasteiger partial charge in [-0.2, -0.15) is 0 Å². The van der Waals surface area contributed by atoms with Crippen LogP contribution in [0, 0.1) is 5.41 Å². The van der Waals surface area contributed by atoms with Gasteiger partial charge in [0.1, 0.15) is 18.3 Å². The van der Waals surface area contributed by atoms with Gasteiger partial charge >= 0.3 is 0 Å². The highest BCUT2D eigenvalue weighted by atomic mass is 16.5. The molecule has 108 valence electrons. The van der Waals surface area contributed by atoms with E-state index >= 15 is 0 Å². The van der Waals surface area contributed by atoms with E-state index in [2.05, 4.69) is 5.32 Å². The number of nitrogens with zero attached hydrogens (tertiary/aromatic N) is 1. The van der Waals surface area contributed by atoms with Gasteiger partial charge in [-0.3, -0.25) is 9.59 Å². The molecule has 1 aliphatic rings.